The maximum absolute atomic E-state index is 9.29. The average Bonchev–Trinajstić information content (AvgIpc) is 2.70. The molecule has 0 saturated carbocycles. The first-order chi connectivity index (χ1) is 8.24. The zero-order valence-corrected chi connectivity index (χ0v) is 9.33. The van der Waals surface area contributed by atoms with Crippen LogP contribution in [0.15, 0.2) is 42.6 Å². The summed E-state index contributed by atoms with van der Waals surface area (Å²) in [5.74, 6) is 0.260. The Morgan fingerprint density at radius 2 is 1.88 bits per heavy atom. The van der Waals surface area contributed by atoms with E-state index in [9.17, 15) is 5.11 Å². The third-order valence-corrected chi connectivity index (χ3v) is 2.64. The number of aromatic nitrogens is 3. The maximum atomic E-state index is 9.29. The predicted molar refractivity (Wildman–Crippen MR) is 64.8 cm³/mol. The lowest BCUT2D eigenvalue weighted by molar-refractivity contribution is 0.475. The number of nitrogens with zero attached hydrogens (tertiary/aromatic N) is 3. The molecule has 17 heavy (non-hydrogen) atoms. The van der Waals surface area contributed by atoms with Crippen molar-refractivity contribution in [2.24, 2.45) is 0 Å². The second-order valence-corrected chi connectivity index (χ2v) is 3.93. The van der Waals surface area contributed by atoms with Gasteiger partial charge in [-0.05, 0) is 37.3 Å². The normalized spacial score (nSPS) is 10.9. The second-order valence-electron chi connectivity index (χ2n) is 3.93. The van der Waals surface area contributed by atoms with Crippen molar-refractivity contribution in [2.75, 3.05) is 0 Å². The first kappa shape index (κ1) is 9.84. The van der Waals surface area contributed by atoms with Gasteiger partial charge >= 0.3 is 0 Å². The van der Waals surface area contributed by atoms with E-state index in [1.807, 2.05) is 35.7 Å². The molecule has 4 nitrogen and oxygen atoms in total. The van der Waals surface area contributed by atoms with Gasteiger partial charge in [0.2, 0.25) is 0 Å². The molecule has 1 aromatic carbocycles. The van der Waals surface area contributed by atoms with Gasteiger partial charge in [0.05, 0.1) is 11.4 Å². The van der Waals surface area contributed by atoms with Gasteiger partial charge in [-0.1, -0.05) is 0 Å². The Morgan fingerprint density at radius 1 is 1.12 bits per heavy atom. The molecule has 0 spiro atoms. The number of aryl methyl sites for hydroxylation is 1. The molecular weight excluding hydrogens is 214 g/mol. The monoisotopic (exact) mass is 225 g/mol. The highest BCUT2D eigenvalue weighted by molar-refractivity contribution is 5.63. The summed E-state index contributed by atoms with van der Waals surface area (Å²) in [5, 5.41) is 13.7. The summed E-state index contributed by atoms with van der Waals surface area (Å²) >= 11 is 0. The largest absolute Gasteiger partial charge is 0.508 e. The smallest absolute Gasteiger partial charge is 0.155 e. The summed E-state index contributed by atoms with van der Waals surface area (Å²) < 4.78 is 1.81. The van der Waals surface area contributed by atoms with E-state index in [-0.39, 0.29) is 5.75 Å². The van der Waals surface area contributed by atoms with Crippen molar-refractivity contribution in [3.63, 3.8) is 0 Å². The van der Waals surface area contributed by atoms with Gasteiger partial charge < -0.3 is 5.11 Å². The van der Waals surface area contributed by atoms with Gasteiger partial charge in [0.15, 0.2) is 5.65 Å². The van der Waals surface area contributed by atoms with Crippen molar-refractivity contribution in [3.8, 4) is 17.0 Å². The molecule has 0 fully saturated rings. The molecule has 4 heteroatoms. The molecule has 2 heterocycles. The molecule has 0 amide bonds. The van der Waals surface area contributed by atoms with Crippen molar-refractivity contribution >= 4 is 5.65 Å². The Hall–Kier alpha value is -2.36. The third-order valence-electron chi connectivity index (χ3n) is 2.64. The fourth-order valence-corrected chi connectivity index (χ4v) is 1.86. The maximum Gasteiger partial charge on any atom is 0.155 e. The van der Waals surface area contributed by atoms with Gasteiger partial charge in [0, 0.05) is 17.8 Å². The molecule has 0 aliphatic carbocycles. The van der Waals surface area contributed by atoms with Gasteiger partial charge in [-0.25, -0.2) is 9.50 Å². The quantitative estimate of drug-likeness (QED) is 0.691. The molecule has 0 atom stereocenters. The fourth-order valence-electron chi connectivity index (χ4n) is 1.86. The van der Waals surface area contributed by atoms with Crippen LogP contribution in [0.1, 0.15) is 5.69 Å². The predicted octanol–water partition coefficient (Wildman–Crippen LogP) is 2.41. The van der Waals surface area contributed by atoms with E-state index in [4.69, 9.17) is 0 Å². The highest BCUT2D eigenvalue weighted by Crippen LogP contribution is 2.22. The molecule has 1 N–H and O–H groups in total. The SMILES string of the molecule is Cc1cc2nccc(-c3ccc(O)cc3)n2n1. The average molecular weight is 225 g/mol. The number of fused-ring (bicyclic) bond motifs is 1. The van der Waals surface area contributed by atoms with Crippen LogP contribution in [0.5, 0.6) is 5.75 Å². The summed E-state index contributed by atoms with van der Waals surface area (Å²) in [5.41, 5.74) is 3.72. The number of hydrogen-bond donors (Lipinski definition) is 1. The molecule has 0 aliphatic heterocycles. The summed E-state index contributed by atoms with van der Waals surface area (Å²) in [6, 6.07) is 10.9. The minimum Gasteiger partial charge on any atom is -0.508 e. The summed E-state index contributed by atoms with van der Waals surface area (Å²) in [6.45, 7) is 1.94. The van der Waals surface area contributed by atoms with E-state index in [1.54, 1.807) is 18.3 Å². The molecule has 0 unspecified atom stereocenters. The van der Waals surface area contributed by atoms with Gasteiger partial charge in [0.1, 0.15) is 5.75 Å². The Morgan fingerprint density at radius 3 is 2.65 bits per heavy atom. The van der Waals surface area contributed by atoms with Gasteiger partial charge in [-0.2, -0.15) is 5.10 Å². The van der Waals surface area contributed by atoms with Crippen LogP contribution in [0.3, 0.4) is 0 Å². The minimum absolute atomic E-state index is 0.260. The van der Waals surface area contributed by atoms with Crippen molar-refractivity contribution in [2.45, 2.75) is 6.92 Å². The third kappa shape index (κ3) is 1.63. The number of phenols is 1. The lowest BCUT2D eigenvalue weighted by Crippen LogP contribution is -1.95. The van der Waals surface area contributed by atoms with E-state index in [0.29, 0.717) is 0 Å². The van der Waals surface area contributed by atoms with E-state index in [2.05, 4.69) is 10.1 Å². The van der Waals surface area contributed by atoms with Crippen LogP contribution in [0.4, 0.5) is 0 Å². The van der Waals surface area contributed by atoms with Crippen LogP contribution >= 0.6 is 0 Å². The first-order valence-electron chi connectivity index (χ1n) is 5.35. The zero-order valence-electron chi connectivity index (χ0n) is 9.33. The fraction of sp³-hybridized carbons (Fsp3) is 0.0769. The number of phenolic OH excluding ortho intramolecular Hbond substituents is 1. The van der Waals surface area contributed by atoms with E-state index in [0.717, 1.165) is 22.6 Å². The van der Waals surface area contributed by atoms with Crippen molar-refractivity contribution in [3.05, 3.63) is 48.3 Å². The number of aromatic hydroxyl groups is 1. The van der Waals surface area contributed by atoms with Crippen molar-refractivity contribution < 1.29 is 5.11 Å². The van der Waals surface area contributed by atoms with Crippen molar-refractivity contribution in [1.29, 1.82) is 0 Å². The van der Waals surface area contributed by atoms with E-state index < -0.39 is 0 Å². The number of hydrogen-bond acceptors (Lipinski definition) is 3. The van der Waals surface area contributed by atoms with E-state index in [1.165, 1.54) is 0 Å². The Balaban J connectivity index is 2.26. The molecular formula is C13H11N3O. The lowest BCUT2D eigenvalue weighted by Gasteiger charge is -2.04. The standard InChI is InChI=1S/C13H11N3O/c1-9-8-13-14-7-6-12(16(13)15-9)10-2-4-11(17)5-3-10/h2-8,17H,1H3. The van der Waals surface area contributed by atoms with Crippen LogP contribution in [-0.4, -0.2) is 19.7 Å². The van der Waals surface area contributed by atoms with Crippen LogP contribution in [-0.2, 0) is 0 Å². The number of benzene rings is 1. The first-order valence-corrected chi connectivity index (χ1v) is 5.35. The van der Waals surface area contributed by atoms with Gasteiger partial charge in [-0.15, -0.1) is 0 Å². The molecule has 3 aromatic rings. The van der Waals surface area contributed by atoms with Crippen molar-refractivity contribution in [1.82, 2.24) is 14.6 Å². The molecule has 0 saturated heterocycles. The molecule has 2 aromatic heterocycles. The van der Waals surface area contributed by atoms with E-state index >= 15 is 0 Å². The Labute approximate surface area is 98.2 Å². The lowest BCUT2D eigenvalue weighted by atomic mass is 10.1. The van der Waals surface area contributed by atoms with Crippen LogP contribution in [0.25, 0.3) is 16.9 Å². The molecule has 3 rings (SSSR count). The highest BCUT2D eigenvalue weighted by atomic mass is 16.3. The molecule has 0 bridgehead atoms. The Bertz CT molecular complexity index is 671. The second kappa shape index (κ2) is 3.59. The summed E-state index contributed by atoms with van der Waals surface area (Å²) in [6.07, 6.45) is 1.76. The molecule has 84 valence electrons. The summed E-state index contributed by atoms with van der Waals surface area (Å²) in [4.78, 5) is 4.26. The zero-order chi connectivity index (χ0) is 11.8. The van der Waals surface area contributed by atoms with Crippen LogP contribution in [0, 0.1) is 6.92 Å². The highest BCUT2D eigenvalue weighted by Gasteiger charge is 2.06. The molecule has 0 aliphatic rings. The van der Waals surface area contributed by atoms with Gasteiger partial charge in [-0.3, -0.25) is 0 Å². The topological polar surface area (TPSA) is 50.4 Å². The van der Waals surface area contributed by atoms with Crippen LogP contribution < -0.4 is 0 Å². The Kier molecular flexibility index (Phi) is 2.08. The van der Waals surface area contributed by atoms with Crippen LogP contribution in [0.2, 0.25) is 0 Å². The number of rotatable bonds is 1. The minimum atomic E-state index is 0.260. The summed E-state index contributed by atoms with van der Waals surface area (Å²) in [7, 11) is 0. The molecule has 0 radical (unpaired) electrons. The van der Waals surface area contributed by atoms with Gasteiger partial charge in [0.25, 0.3) is 0 Å².